The summed E-state index contributed by atoms with van der Waals surface area (Å²) in [6.45, 7) is 4.55. The smallest absolute Gasteiger partial charge is 0.261 e. The number of amides is 1. The highest BCUT2D eigenvalue weighted by molar-refractivity contribution is 7.26. The van der Waals surface area contributed by atoms with Crippen molar-refractivity contribution in [2.24, 2.45) is 0 Å². The summed E-state index contributed by atoms with van der Waals surface area (Å²) in [4.78, 5) is 19.2. The van der Waals surface area contributed by atoms with E-state index in [1.54, 1.807) is 28.7 Å². The van der Waals surface area contributed by atoms with Crippen LogP contribution in [0.25, 0.3) is 25.6 Å². The van der Waals surface area contributed by atoms with Gasteiger partial charge in [-0.3, -0.25) is 4.79 Å². The van der Waals surface area contributed by atoms with Gasteiger partial charge in [-0.25, -0.2) is 0 Å². The van der Waals surface area contributed by atoms with E-state index in [4.69, 9.17) is 0 Å². The maximum atomic E-state index is 11.8. The number of thiophene rings is 3. The Bertz CT molecular complexity index is 1090. The Kier molecular flexibility index (Phi) is 9.28. The Morgan fingerprint density at radius 2 is 1.50 bits per heavy atom. The zero-order chi connectivity index (χ0) is 22.9. The van der Waals surface area contributed by atoms with Gasteiger partial charge >= 0.3 is 0 Å². The topological polar surface area (TPSA) is 52.9 Å². The molecule has 3 aromatic heterocycles. The van der Waals surface area contributed by atoms with Crippen LogP contribution >= 0.6 is 34.0 Å². The third-order valence-corrected chi connectivity index (χ3v) is 9.20. The summed E-state index contributed by atoms with van der Waals surface area (Å²) in [5.41, 5.74) is 0.125. The summed E-state index contributed by atoms with van der Waals surface area (Å²) in [7, 11) is 1.53. The largest absolute Gasteiger partial charge is 0.354 e. The molecule has 0 saturated carbocycles. The third kappa shape index (κ3) is 6.19. The second kappa shape index (κ2) is 12.2. The molecule has 0 aliphatic carbocycles. The first-order valence-corrected chi connectivity index (χ1v) is 13.7. The number of likely N-dealkylation sites (N-methyl/N-ethyl adjacent to an activating group) is 1. The van der Waals surface area contributed by atoms with Gasteiger partial charge in [0.2, 0.25) is 0 Å². The lowest BCUT2D eigenvalue weighted by Gasteiger charge is -2.14. The van der Waals surface area contributed by atoms with Crippen LogP contribution in [0.2, 0.25) is 0 Å². The molecule has 0 aliphatic heterocycles. The quantitative estimate of drug-likeness (QED) is 0.221. The fourth-order valence-corrected chi connectivity index (χ4v) is 6.94. The van der Waals surface area contributed by atoms with Crippen LogP contribution < -0.4 is 5.32 Å². The first-order chi connectivity index (χ1) is 15.6. The van der Waals surface area contributed by atoms with Gasteiger partial charge in [0, 0.05) is 36.3 Å². The molecular weight excluding hydrogens is 453 g/mol. The van der Waals surface area contributed by atoms with Crippen molar-refractivity contribution in [3.05, 3.63) is 51.7 Å². The summed E-state index contributed by atoms with van der Waals surface area (Å²) in [6.07, 6.45) is 9.34. The van der Waals surface area contributed by atoms with E-state index < -0.39 is 0 Å². The van der Waals surface area contributed by atoms with E-state index in [1.807, 2.05) is 23.5 Å². The molecule has 0 unspecified atom stereocenters. The molecule has 3 rings (SSSR count). The maximum Gasteiger partial charge on any atom is 0.261 e. The van der Waals surface area contributed by atoms with Crippen molar-refractivity contribution >= 4 is 46.0 Å². The van der Waals surface area contributed by atoms with E-state index in [0.29, 0.717) is 5.92 Å². The van der Waals surface area contributed by atoms with Crippen LogP contribution in [0.5, 0.6) is 0 Å². The molecular formula is C26H30N2OS3. The highest BCUT2D eigenvalue weighted by Gasteiger charge is 2.15. The minimum Gasteiger partial charge on any atom is -0.354 e. The molecule has 32 heavy (non-hydrogen) atoms. The van der Waals surface area contributed by atoms with E-state index in [0.717, 1.165) is 9.75 Å². The Balaban J connectivity index is 1.77. The third-order valence-electron chi connectivity index (χ3n) is 5.44. The molecule has 0 fully saturated rings. The van der Waals surface area contributed by atoms with Gasteiger partial charge in [0.1, 0.15) is 11.6 Å². The average Bonchev–Trinajstić information content (AvgIpc) is 3.57. The Morgan fingerprint density at radius 3 is 2.09 bits per heavy atom. The lowest BCUT2D eigenvalue weighted by molar-refractivity contribution is -0.116. The molecule has 0 aromatic carbocycles. The SMILES string of the molecule is CCCCC(CCCC)c1ccc(-c2ccc(-c3ccc(/C=C(\C#N)C(=O)NC)s3)s2)s1. The van der Waals surface area contributed by atoms with E-state index in [1.165, 1.54) is 65.1 Å². The summed E-state index contributed by atoms with van der Waals surface area (Å²) in [5.74, 6) is 0.333. The van der Waals surface area contributed by atoms with Gasteiger partial charge in [-0.15, -0.1) is 34.0 Å². The van der Waals surface area contributed by atoms with Gasteiger partial charge in [-0.2, -0.15) is 5.26 Å². The van der Waals surface area contributed by atoms with Gasteiger partial charge in [-0.05, 0) is 61.2 Å². The standard InChI is InChI=1S/C26H30N2OS3/c1-4-6-8-18(9-7-5-2)21-12-13-24(31-21)25-15-14-23(32-25)22-11-10-20(30-22)16-19(17-27)26(29)28-3/h10-16,18H,4-9H2,1-3H3,(H,28,29)/b19-16+. The summed E-state index contributed by atoms with van der Waals surface area (Å²) < 4.78 is 0. The predicted octanol–water partition coefficient (Wildman–Crippen LogP) is 8.32. The maximum absolute atomic E-state index is 11.8. The molecule has 0 spiro atoms. The highest BCUT2D eigenvalue weighted by atomic mass is 32.1. The Labute approximate surface area is 203 Å². The Morgan fingerprint density at radius 1 is 0.938 bits per heavy atom. The van der Waals surface area contributed by atoms with Crippen LogP contribution in [0.4, 0.5) is 0 Å². The zero-order valence-corrected chi connectivity index (χ0v) is 21.4. The zero-order valence-electron chi connectivity index (χ0n) is 18.9. The van der Waals surface area contributed by atoms with Crippen molar-refractivity contribution in [1.29, 1.82) is 5.26 Å². The van der Waals surface area contributed by atoms with Crippen LogP contribution in [0.3, 0.4) is 0 Å². The van der Waals surface area contributed by atoms with Crippen molar-refractivity contribution in [3.63, 3.8) is 0 Å². The molecule has 1 N–H and O–H groups in total. The van der Waals surface area contributed by atoms with Gasteiger partial charge < -0.3 is 5.32 Å². The molecule has 168 valence electrons. The molecule has 0 atom stereocenters. The molecule has 1 amide bonds. The number of unbranched alkanes of at least 4 members (excludes halogenated alkanes) is 2. The molecule has 0 saturated heterocycles. The van der Waals surface area contributed by atoms with Crippen molar-refractivity contribution < 1.29 is 4.79 Å². The number of hydrogen-bond donors (Lipinski definition) is 1. The number of rotatable bonds is 11. The number of hydrogen-bond acceptors (Lipinski definition) is 5. The van der Waals surface area contributed by atoms with Gasteiger partial charge in [0.15, 0.2) is 0 Å². The van der Waals surface area contributed by atoms with Crippen LogP contribution in [-0.2, 0) is 4.79 Å². The summed E-state index contributed by atoms with van der Waals surface area (Å²) >= 11 is 5.35. The van der Waals surface area contributed by atoms with Crippen molar-refractivity contribution in [2.75, 3.05) is 7.05 Å². The van der Waals surface area contributed by atoms with Gasteiger partial charge in [0.25, 0.3) is 5.91 Å². The fraction of sp³-hybridized carbons (Fsp3) is 0.385. The second-order valence-electron chi connectivity index (χ2n) is 7.80. The average molecular weight is 483 g/mol. The van der Waals surface area contributed by atoms with E-state index in [9.17, 15) is 10.1 Å². The first-order valence-electron chi connectivity index (χ1n) is 11.2. The minimum atomic E-state index is -0.356. The predicted molar refractivity (Wildman–Crippen MR) is 140 cm³/mol. The minimum absolute atomic E-state index is 0.125. The lowest BCUT2D eigenvalue weighted by atomic mass is 9.94. The number of nitrogens with one attached hydrogen (secondary N) is 1. The number of carbonyl (C=O) groups is 1. The Hall–Kier alpha value is -2.20. The van der Waals surface area contributed by atoms with Crippen molar-refractivity contribution in [2.45, 2.75) is 58.3 Å². The van der Waals surface area contributed by atoms with Crippen molar-refractivity contribution in [1.82, 2.24) is 5.32 Å². The number of nitrogens with zero attached hydrogens (tertiary/aromatic N) is 1. The van der Waals surface area contributed by atoms with Crippen LogP contribution in [0.1, 0.15) is 68.0 Å². The number of nitriles is 1. The van der Waals surface area contributed by atoms with Crippen LogP contribution in [0.15, 0.2) is 42.0 Å². The summed E-state index contributed by atoms with van der Waals surface area (Å²) in [5, 5.41) is 11.7. The molecule has 3 nitrogen and oxygen atoms in total. The molecule has 6 heteroatoms. The number of carbonyl (C=O) groups excluding carboxylic acids is 1. The molecule has 0 aliphatic rings. The van der Waals surface area contributed by atoms with Crippen LogP contribution in [0, 0.1) is 11.3 Å². The molecule has 0 radical (unpaired) electrons. The van der Waals surface area contributed by atoms with E-state index >= 15 is 0 Å². The molecule has 3 heterocycles. The first kappa shape index (κ1) is 24.4. The monoisotopic (exact) mass is 482 g/mol. The van der Waals surface area contributed by atoms with E-state index in [-0.39, 0.29) is 11.5 Å². The molecule has 0 bridgehead atoms. The van der Waals surface area contributed by atoms with Crippen molar-refractivity contribution in [3.8, 4) is 25.6 Å². The fourth-order valence-electron chi connectivity index (χ4n) is 3.63. The normalized spacial score (nSPS) is 11.7. The summed E-state index contributed by atoms with van der Waals surface area (Å²) in [6, 6.07) is 15.0. The van der Waals surface area contributed by atoms with Gasteiger partial charge in [-0.1, -0.05) is 39.5 Å². The highest BCUT2D eigenvalue weighted by Crippen LogP contribution is 2.42. The molecule has 3 aromatic rings. The van der Waals surface area contributed by atoms with Gasteiger partial charge in [0.05, 0.1) is 0 Å². The lowest BCUT2D eigenvalue weighted by Crippen LogP contribution is -2.18. The second-order valence-corrected chi connectivity index (χ2v) is 11.1. The van der Waals surface area contributed by atoms with Crippen LogP contribution in [-0.4, -0.2) is 13.0 Å². The van der Waals surface area contributed by atoms with E-state index in [2.05, 4.69) is 49.5 Å².